The first kappa shape index (κ1) is 17.3. The zero-order chi connectivity index (χ0) is 16.9. The van der Waals surface area contributed by atoms with E-state index >= 15 is 0 Å². The average molecular weight is 347 g/mol. The van der Waals surface area contributed by atoms with E-state index in [1.54, 1.807) is 0 Å². The molecule has 0 spiro atoms. The summed E-state index contributed by atoms with van der Waals surface area (Å²) in [6, 6.07) is 6.23. The lowest BCUT2D eigenvalue weighted by atomic mass is 10.1. The second-order valence-electron chi connectivity index (χ2n) is 6.58. The average Bonchev–Trinajstić information content (AvgIpc) is 3.42. The molecule has 2 amide bonds. The zero-order valence-corrected chi connectivity index (χ0v) is 15.0. The molecule has 0 aromatic heterocycles. The van der Waals surface area contributed by atoms with Crippen molar-refractivity contribution in [2.45, 2.75) is 26.3 Å². The topological polar surface area (TPSA) is 61.4 Å². The van der Waals surface area contributed by atoms with Crippen LogP contribution in [0.5, 0.6) is 0 Å². The lowest BCUT2D eigenvalue weighted by Gasteiger charge is -2.26. The van der Waals surface area contributed by atoms with Crippen molar-refractivity contribution in [1.82, 2.24) is 10.2 Å². The van der Waals surface area contributed by atoms with Crippen LogP contribution >= 0.6 is 11.8 Å². The number of anilines is 1. The smallest absolute Gasteiger partial charge is 0.243 e. The van der Waals surface area contributed by atoms with Gasteiger partial charge in [0.2, 0.25) is 11.8 Å². The summed E-state index contributed by atoms with van der Waals surface area (Å²) in [5.74, 6) is 2.34. The molecule has 24 heavy (non-hydrogen) atoms. The Kier molecular flexibility index (Phi) is 5.79. The lowest BCUT2D eigenvalue weighted by molar-refractivity contribution is -0.125. The summed E-state index contributed by atoms with van der Waals surface area (Å²) in [5, 5.41) is 5.63. The molecule has 1 heterocycles. The molecule has 5 nitrogen and oxygen atoms in total. The van der Waals surface area contributed by atoms with Gasteiger partial charge in [0, 0.05) is 42.7 Å². The number of aryl methyl sites for hydroxylation is 1. The number of carbonyl (C=O) groups is 2. The molecule has 0 radical (unpaired) electrons. The van der Waals surface area contributed by atoms with Gasteiger partial charge in [-0.15, -0.1) is 0 Å². The number of amides is 2. The molecule has 1 saturated carbocycles. The second kappa shape index (κ2) is 8.03. The molecular formula is C18H25N3O2S. The second-order valence-corrected chi connectivity index (χ2v) is 7.80. The molecule has 1 aliphatic carbocycles. The number of nitrogens with zero attached hydrogens (tertiary/aromatic N) is 1. The van der Waals surface area contributed by atoms with E-state index in [1.165, 1.54) is 17.1 Å². The van der Waals surface area contributed by atoms with Gasteiger partial charge in [-0.25, -0.2) is 0 Å². The summed E-state index contributed by atoms with van der Waals surface area (Å²) < 4.78 is 0. The number of rotatable bonds is 6. The van der Waals surface area contributed by atoms with Crippen molar-refractivity contribution in [3.8, 4) is 0 Å². The van der Waals surface area contributed by atoms with Gasteiger partial charge in [0.05, 0.1) is 6.54 Å². The van der Waals surface area contributed by atoms with Crippen LogP contribution in [0, 0.1) is 12.8 Å². The van der Waals surface area contributed by atoms with Crippen LogP contribution in [0.2, 0.25) is 0 Å². The normalized spacial score (nSPS) is 18.2. The van der Waals surface area contributed by atoms with Crippen molar-refractivity contribution in [2.75, 3.05) is 36.5 Å². The molecule has 1 aliphatic heterocycles. The maximum Gasteiger partial charge on any atom is 0.243 e. The molecule has 6 heteroatoms. The van der Waals surface area contributed by atoms with E-state index in [1.807, 2.05) is 24.8 Å². The first-order chi connectivity index (χ1) is 11.6. The molecule has 1 saturated heterocycles. The van der Waals surface area contributed by atoms with Crippen LogP contribution in [0.4, 0.5) is 5.69 Å². The zero-order valence-electron chi connectivity index (χ0n) is 14.1. The Hall–Kier alpha value is -1.53. The van der Waals surface area contributed by atoms with Crippen molar-refractivity contribution in [2.24, 2.45) is 5.92 Å². The van der Waals surface area contributed by atoms with Crippen molar-refractivity contribution in [1.29, 1.82) is 0 Å². The van der Waals surface area contributed by atoms with Crippen molar-refractivity contribution in [3.63, 3.8) is 0 Å². The van der Waals surface area contributed by atoms with E-state index in [9.17, 15) is 9.59 Å². The van der Waals surface area contributed by atoms with E-state index in [-0.39, 0.29) is 24.3 Å². The highest BCUT2D eigenvalue weighted by Crippen LogP contribution is 2.28. The van der Waals surface area contributed by atoms with Gasteiger partial charge in [-0.05, 0) is 37.0 Å². The maximum atomic E-state index is 12.1. The minimum absolute atomic E-state index is 0.00130. The molecule has 2 aliphatic rings. The van der Waals surface area contributed by atoms with Crippen molar-refractivity contribution >= 4 is 29.3 Å². The molecule has 1 aromatic carbocycles. The molecule has 2 fully saturated rings. The third-order valence-electron chi connectivity index (χ3n) is 4.46. The number of nitrogens with one attached hydrogen (secondary N) is 2. The Morgan fingerprint density at radius 1 is 1.25 bits per heavy atom. The Morgan fingerprint density at radius 3 is 2.71 bits per heavy atom. The Balaban J connectivity index is 1.54. The van der Waals surface area contributed by atoms with E-state index < -0.39 is 0 Å². The highest BCUT2D eigenvalue weighted by atomic mass is 32.2. The number of hydrogen-bond donors (Lipinski definition) is 2. The standard InChI is InChI=1S/C18H25N3O2S/c1-13-2-3-14(12-21-6-8-24-9-7-21)10-16(13)20-17(22)11-19-18(23)15-4-5-15/h2-3,10,15H,4-9,11-12H2,1H3,(H,19,23)(H,20,22). The fraction of sp³-hybridized carbons (Fsp3) is 0.556. The Labute approximate surface area is 147 Å². The van der Waals surface area contributed by atoms with Gasteiger partial charge in [-0.1, -0.05) is 12.1 Å². The molecule has 130 valence electrons. The number of benzene rings is 1. The predicted octanol–water partition coefficient (Wildman–Crippen LogP) is 2.01. The third kappa shape index (κ3) is 4.98. The van der Waals surface area contributed by atoms with E-state index in [0.717, 1.165) is 43.7 Å². The molecule has 1 aromatic rings. The van der Waals surface area contributed by atoms with E-state index in [0.29, 0.717) is 0 Å². The minimum Gasteiger partial charge on any atom is -0.347 e. The van der Waals surface area contributed by atoms with Crippen LogP contribution in [0.1, 0.15) is 24.0 Å². The first-order valence-corrected chi connectivity index (χ1v) is 9.74. The number of carbonyl (C=O) groups excluding carboxylic acids is 2. The maximum absolute atomic E-state index is 12.1. The third-order valence-corrected chi connectivity index (χ3v) is 5.40. The molecule has 0 atom stereocenters. The van der Waals surface area contributed by atoms with Crippen LogP contribution in [0.3, 0.4) is 0 Å². The van der Waals surface area contributed by atoms with Gasteiger partial charge in [0.1, 0.15) is 0 Å². The van der Waals surface area contributed by atoms with Crippen molar-refractivity contribution < 1.29 is 9.59 Å². The van der Waals surface area contributed by atoms with Gasteiger partial charge in [0.25, 0.3) is 0 Å². The monoisotopic (exact) mass is 347 g/mol. The van der Waals surface area contributed by atoms with Crippen LogP contribution < -0.4 is 10.6 Å². The largest absolute Gasteiger partial charge is 0.347 e. The fourth-order valence-electron chi connectivity index (χ4n) is 2.77. The van der Waals surface area contributed by atoms with Crippen LogP contribution in [-0.4, -0.2) is 47.9 Å². The molecule has 0 bridgehead atoms. The predicted molar refractivity (Wildman–Crippen MR) is 98.1 cm³/mol. The summed E-state index contributed by atoms with van der Waals surface area (Å²) in [6.07, 6.45) is 1.90. The Bertz CT molecular complexity index is 610. The quantitative estimate of drug-likeness (QED) is 0.826. The van der Waals surface area contributed by atoms with Crippen LogP contribution in [0.25, 0.3) is 0 Å². The Morgan fingerprint density at radius 2 is 2.00 bits per heavy atom. The highest BCUT2D eigenvalue weighted by molar-refractivity contribution is 7.99. The summed E-state index contributed by atoms with van der Waals surface area (Å²) in [4.78, 5) is 26.1. The molecule has 0 unspecified atom stereocenters. The summed E-state index contributed by atoms with van der Waals surface area (Å²) >= 11 is 2.00. The first-order valence-electron chi connectivity index (χ1n) is 8.59. The van der Waals surface area contributed by atoms with E-state index in [4.69, 9.17) is 0 Å². The minimum atomic E-state index is -0.168. The van der Waals surface area contributed by atoms with Gasteiger partial charge in [-0.2, -0.15) is 11.8 Å². The fourth-order valence-corrected chi connectivity index (χ4v) is 3.75. The molecular weight excluding hydrogens is 322 g/mol. The number of hydrogen-bond acceptors (Lipinski definition) is 4. The van der Waals surface area contributed by atoms with Gasteiger partial charge in [-0.3, -0.25) is 14.5 Å². The molecule has 3 rings (SSSR count). The van der Waals surface area contributed by atoms with Gasteiger partial charge >= 0.3 is 0 Å². The molecule has 2 N–H and O–H groups in total. The highest BCUT2D eigenvalue weighted by Gasteiger charge is 2.29. The summed E-state index contributed by atoms with van der Waals surface area (Å²) in [7, 11) is 0. The summed E-state index contributed by atoms with van der Waals surface area (Å²) in [6.45, 7) is 5.19. The SMILES string of the molecule is Cc1ccc(CN2CCSCC2)cc1NC(=O)CNC(=O)C1CC1. The van der Waals surface area contributed by atoms with Gasteiger partial charge < -0.3 is 10.6 Å². The van der Waals surface area contributed by atoms with Crippen LogP contribution in [-0.2, 0) is 16.1 Å². The lowest BCUT2D eigenvalue weighted by Crippen LogP contribution is -2.34. The summed E-state index contributed by atoms with van der Waals surface area (Å²) in [5.41, 5.74) is 3.09. The van der Waals surface area contributed by atoms with Gasteiger partial charge in [0.15, 0.2) is 0 Å². The van der Waals surface area contributed by atoms with E-state index in [2.05, 4.69) is 27.7 Å². The van der Waals surface area contributed by atoms with Crippen LogP contribution in [0.15, 0.2) is 18.2 Å². The number of thioether (sulfide) groups is 1. The van der Waals surface area contributed by atoms with Crippen molar-refractivity contribution in [3.05, 3.63) is 29.3 Å².